The van der Waals surface area contributed by atoms with Crippen molar-refractivity contribution in [3.8, 4) is 11.5 Å². The molecule has 1 fully saturated rings. The van der Waals surface area contributed by atoms with Crippen molar-refractivity contribution in [2.45, 2.75) is 19.4 Å². The highest BCUT2D eigenvalue weighted by Gasteiger charge is 2.20. The molecular weight excluding hydrogens is 266 g/mol. The van der Waals surface area contributed by atoms with Crippen molar-refractivity contribution in [3.05, 3.63) is 22.7 Å². The van der Waals surface area contributed by atoms with E-state index in [9.17, 15) is 5.11 Å². The molecule has 1 aromatic rings. The van der Waals surface area contributed by atoms with E-state index in [2.05, 4.69) is 5.32 Å². The molecule has 0 radical (unpaired) electrons. The minimum absolute atomic E-state index is 0.137. The van der Waals surface area contributed by atoms with Crippen molar-refractivity contribution in [3.63, 3.8) is 0 Å². The molecule has 0 unspecified atom stereocenters. The van der Waals surface area contributed by atoms with E-state index in [-0.39, 0.29) is 5.75 Å². The van der Waals surface area contributed by atoms with Gasteiger partial charge >= 0.3 is 0 Å². The van der Waals surface area contributed by atoms with E-state index in [4.69, 9.17) is 21.1 Å². The van der Waals surface area contributed by atoms with Crippen LogP contribution in [0.25, 0.3) is 0 Å². The van der Waals surface area contributed by atoms with E-state index in [1.54, 1.807) is 12.1 Å². The number of halogens is 1. The number of hydrogen-bond donors (Lipinski definition) is 2. The summed E-state index contributed by atoms with van der Waals surface area (Å²) in [5.74, 6) is 1.33. The second-order valence-corrected chi connectivity index (χ2v) is 5.25. The van der Waals surface area contributed by atoms with E-state index < -0.39 is 0 Å². The van der Waals surface area contributed by atoms with E-state index in [1.165, 1.54) is 20.0 Å². The molecule has 1 aliphatic carbocycles. The standard InChI is InChI=1S/C14H20ClNO3/c1-18-13-7-12(15)6-11(14(13)17)8-16-4-5-19-9-10-2-3-10/h6-7,10,16-17H,2-5,8-9H2,1H3. The Hall–Kier alpha value is -0.970. The quantitative estimate of drug-likeness (QED) is 0.721. The fraction of sp³-hybridized carbons (Fsp3) is 0.571. The maximum Gasteiger partial charge on any atom is 0.162 e. The summed E-state index contributed by atoms with van der Waals surface area (Å²) in [5.41, 5.74) is 0.728. The van der Waals surface area contributed by atoms with Gasteiger partial charge in [-0.05, 0) is 24.8 Å². The van der Waals surface area contributed by atoms with Crippen LogP contribution in [-0.2, 0) is 11.3 Å². The van der Waals surface area contributed by atoms with Crippen molar-refractivity contribution < 1.29 is 14.6 Å². The summed E-state index contributed by atoms with van der Waals surface area (Å²) in [6.45, 7) is 2.85. The molecule has 5 heteroatoms. The van der Waals surface area contributed by atoms with Crippen LogP contribution in [0.5, 0.6) is 11.5 Å². The average molecular weight is 286 g/mol. The molecule has 2 N–H and O–H groups in total. The Morgan fingerprint density at radius 3 is 2.89 bits per heavy atom. The molecule has 1 aliphatic rings. The molecule has 2 rings (SSSR count). The van der Waals surface area contributed by atoms with Gasteiger partial charge < -0.3 is 19.9 Å². The molecule has 0 saturated heterocycles. The minimum atomic E-state index is 0.137. The zero-order valence-electron chi connectivity index (χ0n) is 11.1. The molecule has 106 valence electrons. The Kier molecular flexibility index (Phi) is 5.31. The number of hydrogen-bond acceptors (Lipinski definition) is 4. The molecule has 19 heavy (non-hydrogen) atoms. The van der Waals surface area contributed by atoms with Crippen LogP contribution in [0.15, 0.2) is 12.1 Å². The molecule has 0 amide bonds. The molecule has 1 aromatic carbocycles. The summed E-state index contributed by atoms with van der Waals surface area (Å²) in [6.07, 6.45) is 2.62. The summed E-state index contributed by atoms with van der Waals surface area (Å²) >= 11 is 5.96. The Morgan fingerprint density at radius 1 is 1.42 bits per heavy atom. The van der Waals surface area contributed by atoms with Gasteiger partial charge in [0.05, 0.1) is 13.7 Å². The largest absolute Gasteiger partial charge is 0.504 e. The lowest BCUT2D eigenvalue weighted by Crippen LogP contribution is -2.19. The van der Waals surface area contributed by atoms with Gasteiger partial charge in [-0.1, -0.05) is 11.6 Å². The van der Waals surface area contributed by atoms with Gasteiger partial charge in [-0.15, -0.1) is 0 Å². The first kappa shape index (κ1) is 14.4. The molecule has 0 aliphatic heterocycles. The van der Waals surface area contributed by atoms with Gasteiger partial charge in [-0.3, -0.25) is 0 Å². The van der Waals surface area contributed by atoms with Gasteiger partial charge in [-0.25, -0.2) is 0 Å². The number of methoxy groups -OCH3 is 1. The lowest BCUT2D eigenvalue weighted by molar-refractivity contribution is 0.126. The topological polar surface area (TPSA) is 50.7 Å². The monoisotopic (exact) mass is 285 g/mol. The summed E-state index contributed by atoms with van der Waals surface area (Å²) in [5, 5.41) is 13.7. The van der Waals surface area contributed by atoms with Crippen LogP contribution in [-0.4, -0.2) is 32.0 Å². The maximum absolute atomic E-state index is 9.94. The van der Waals surface area contributed by atoms with Crippen molar-refractivity contribution in [2.75, 3.05) is 26.9 Å². The fourth-order valence-electron chi connectivity index (χ4n) is 1.82. The highest BCUT2D eigenvalue weighted by atomic mass is 35.5. The number of ether oxygens (including phenoxy) is 2. The maximum atomic E-state index is 9.94. The number of benzene rings is 1. The molecule has 0 atom stereocenters. The number of phenols is 1. The lowest BCUT2D eigenvalue weighted by Gasteiger charge is -2.11. The first-order valence-corrected chi connectivity index (χ1v) is 6.92. The van der Waals surface area contributed by atoms with Gasteiger partial charge in [0, 0.05) is 36.3 Å². The number of phenolic OH excluding ortho intramolecular Hbond substituents is 1. The molecular formula is C14H20ClNO3. The molecule has 4 nitrogen and oxygen atoms in total. The Balaban J connectivity index is 1.73. The Bertz CT molecular complexity index is 421. The van der Waals surface area contributed by atoms with Crippen LogP contribution in [0.1, 0.15) is 18.4 Å². The van der Waals surface area contributed by atoms with Crippen LogP contribution in [0.4, 0.5) is 0 Å². The first-order chi connectivity index (χ1) is 9.20. The van der Waals surface area contributed by atoms with Crippen LogP contribution in [0, 0.1) is 5.92 Å². The van der Waals surface area contributed by atoms with Gasteiger partial charge in [0.1, 0.15) is 0 Å². The first-order valence-electron chi connectivity index (χ1n) is 6.54. The highest BCUT2D eigenvalue weighted by Crippen LogP contribution is 2.33. The molecule has 0 aromatic heterocycles. The zero-order chi connectivity index (χ0) is 13.7. The number of aromatic hydroxyl groups is 1. The van der Waals surface area contributed by atoms with E-state index >= 15 is 0 Å². The van der Waals surface area contributed by atoms with Crippen molar-refractivity contribution in [1.82, 2.24) is 5.32 Å². The van der Waals surface area contributed by atoms with Crippen LogP contribution < -0.4 is 10.1 Å². The van der Waals surface area contributed by atoms with Crippen molar-refractivity contribution >= 4 is 11.6 Å². The van der Waals surface area contributed by atoms with Crippen molar-refractivity contribution in [1.29, 1.82) is 0 Å². The van der Waals surface area contributed by atoms with Crippen molar-refractivity contribution in [2.24, 2.45) is 5.92 Å². The predicted molar refractivity (Wildman–Crippen MR) is 74.9 cm³/mol. The van der Waals surface area contributed by atoms with E-state index in [0.717, 1.165) is 24.6 Å². The third-order valence-corrected chi connectivity index (χ3v) is 3.35. The third kappa shape index (κ3) is 4.56. The normalized spacial score (nSPS) is 14.6. The Labute approximate surface area is 118 Å². The van der Waals surface area contributed by atoms with Crippen LogP contribution in [0.3, 0.4) is 0 Å². The summed E-state index contributed by atoms with van der Waals surface area (Å²) in [6, 6.07) is 3.33. The predicted octanol–water partition coefficient (Wildman–Crippen LogP) is 2.57. The number of rotatable bonds is 8. The van der Waals surface area contributed by atoms with Crippen LogP contribution >= 0.6 is 11.6 Å². The summed E-state index contributed by atoms with van der Waals surface area (Å²) in [7, 11) is 1.51. The number of nitrogens with one attached hydrogen (secondary N) is 1. The summed E-state index contributed by atoms with van der Waals surface area (Å²) in [4.78, 5) is 0. The summed E-state index contributed by atoms with van der Waals surface area (Å²) < 4.78 is 10.6. The van der Waals surface area contributed by atoms with Gasteiger partial charge in [0.2, 0.25) is 0 Å². The molecule has 0 spiro atoms. The second kappa shape index (κ2) is 6.98. The lowest BCUT2D eigenvalue weighted by atomic mass is 10.2. The van der Waals surface area contributed by atoms with E-state index in [1.807, 2.05) is 0 Å². The zero-order valence-corrected chi connectivity index (χ0v) is 11.9. The SMILES string of the molecule is COc1cc(Cl)cc(CNCCOCC2CC2)c1O. The molecule has 0 bridgehead atoms. The minimum Gasteiger partial charge on any atom is -0.504 e. The van der Waals surface area contributed by atoms with Crippen LogP contribution in [0.2, 0.25) is 5.02 Å². The highest BCUT2D eigenvalue weighted by molar-refractivity contribution is 6.30. The smallest absolute Gasteiger partial charge is 0.162 e. The average Bonchev–Trinajstić information content (AvgIpc) is 3.21. The second-order valence-electron chi connectivity index (χ2n) is 4.81. The van der Waals surface area contributed by atoms with Gasteiger partial charge in [0.25, 0.3) is 0 Å². The third-order valence-electron chi connectivity index (χ3n) is 3.13. The molecule has 1 saturated carbocycles. The van der Waals surface area contributed by atoms with Gasteiger partial charge in [0.15, 0.2) is 11.5 Å². The van der Waals surface area contributed by atoms with Gasteiger partial charge in [-0.2, -0.15) is 0 Å². The fourth-order valence-corrected chi connectivity index (χ4v) is 2.05. The Morgan fingerprint density at radius 2 is 2.21 bits per heavy atom. The molecule has 0 heterocycles. The van der Waals surface area contributed by atoms with E-state index in [0.29, 0.717) is 23.9 Å².